The van der Waals surface area contributed by atoms with E-state index < -0.39 is 5.82 Å². The number of nitrogens with two attached hydrogens (primary N) is 1. The first-order chi connectivity index (χ1) is 8.56. The second kappa shape index (κ2) is 5.14. The zero-order chi connectivity index (χ0) is 13.1. The van der Waals surface area contributed by atoms with Gasteiger partial charge in [-0.15, -0.1) is 0 Å². The fourth-order valence-electron chi connectivity index (χ4n) is 1.50. The van der Waals surface area contributed by atoms with Crippen molar-refractivity contribution in [3.05, 3.63) is 58.6 Å². The summed E-state index contributed by atoms with van der Waals surface area (Å²) in [6.45, 7) is 0. The molecule has 0 fully saturated rings. The highest BCUT2D eigenvalue weighted by Gasteiger charge is 2.10. The molecule has 0 atom stereocenters. The van der Waals surface area contributed by atoms with Crippen LogP contribution in [0.3, 0.4) is 0 Å². The van der Waals surface area contributed by atoms with Gasteiger partial charge in [0.25, 0.3) is 0 Å². The van der Waals surface area contributed by atoms with Crippen molar-refractivity contribution in [1.29, 1.82) is 0 Å². The van der Waals surface area contributed by atoms with Gasteiger partial charge in [0.15, 0.2) is 5.78 Å². The number of carbonyl (C=O) groups excluding carboxylic acids is 1. The minimum absolute atomic E-state index is 0.0387. The molecule has 0 radical (unpaired) electrons. The Bertz CT molecular complexity index is 584. The molecule has 0 unspecified atom stereocenters. The van der Waals surface area contributed by atoms with Crippen molar-refractivity contribution in [3.8, 4) is 0 Å². The Morgan fingerprint density at radius 3 is 2.72 bits per heavy atom. The molecule has 1 heterocycles. The largest absolute Gasteiger partial charge is 0.397 e. The molecule has 0 aliphatic rings. The molecule has 2 N–H and O–H groups in total. The first kappa shape index (κ1) is 12.5. The quantitative estimate of drug-likeness (QED) is 0.868. The number of anilines is 1. The number of Topliss-reactive ketones (excluding diaryl/α,β-unsaturated/α-hetero) is 1. The lowest BCUT2D eigenvalue weighted by molar-refractivity contribution is 0.0988. The van der Waals surface area contributed by atoms with E-state index in [1.165, 1.54) is 18.3 Å². The van der Waals surface area contributed by atoms with Gasteiger partial charge in [-0.1, -0.05) is 17.7 Å². The van der Waals surface area contributed by atoms with Crippen molar-refractivity contribution >= 4 is 23.1 Å². The van der Waals surface area contributed by atoms with Crippen molar-refractivity contribution in [2.24, 2.45) is 0 Å². The zero-order valence-corrected chi connectivity index (χ0v) is 10.1. The van der Waals surface area contributed by atoms with Crippen molar-refractivity contribution < 1.29 is 9.18 Å². The van der Waals surface area contributed by atoms with Gasteiger partial charge in [-0.2, -0.15) is 0 Å². The maximum Gasteiger partial charge on any atom is 0.185 e. The van der Waals surface area contributed by atoms with Gasteiger partial charge in [-0.3, -0.25) is 9.78 Å². The molecule has 2 rings (SSSR count). The van der Waals surface area contributed by atoms with Gasteiger partial charge in [-0.25, -0.2) is 4.39 Å². The van der Waals surface area contributed by atoms with Crippen LogP contribution in [0.1, 0.15) is 16.1 Å². The van der Waals surface area contributed by atoms with Gasteiger partial charge in [-0.05, 0) is 29.8 Å². The molecule has 0 amide bonds. The number of nitrogen functional groups attached to an aromatic ring is 1. The fourth-order valence-corrected chi connectivity index (χ4v) is 1.61. The number of hydrogen-bond donors (Lipinski definition) is 1. The van der Waals surface area contributed by atoms with Crippen LogP contribution < -0.4 is 5.73 Å². The molecule has 3 nitrogen and oxygen atoms in total. The van der Waals surface area contributed by atoms with Gasteiger partial charge in [0.1, 0.15) is 11.5 Å². The Morgan fingerprint density at radius 2 is 2.11 bits per heavy atom. The molecule has 0 saturated carbocycles. The van der Waals surface area contributed by atoms with Crippen LogP contribution >= 0.6 is 11.6 Å². The van der Waals surface area contributed by atoms with Crippen molar-refractivity contribution in [1.82, 2.24) is 4.98 Å². The molecule has 5 heteroatoms. The maximum atomic E-state index is 13.2. The highest BCUT2D eigenvalue weighted by atomic mass is 35.5. The van der Waals surface area contributed by atoms with E-state index in [0.717, 1.165) is 0 Å². The predicted molar refractivity (Wildman–Crippen MR) is 68.1 cm³/mol. The predicted octanol–water partition coefficient (Wildman–Crippen LogP) is 2.88. The van der Waals surface area contributed by atoms with Crippen LogP contribution in [0.4, 0.5) is 10.1 Å². The first-order valence-corrected chi connectivity index (χ1v) is 5.63. The molecule has 0 aliphatic carbocycles. The summed E-state index contributed by atoms with van der Waals surface area (Å²) in [4.78, 5) is 15.8. The number of benzene rings is 1. The minimum Gasteiger partial charge on any atom is -0.397 e. The van der Waals surface area contributed by atoms with Gasteiger partial charge < -0.3 is 5.73 Å². The summed E-state index contributed by atoms with van der Waals surface area (Å²) in [6, 6.07) is 7.43. The third-order valence-electron chi connectivity index (χ3n) is 2.42. The smallest absolute Gasteiger partial charge is 0.185 e. The van der Waals surface area contributed by atoms with E-state index in [4.69, 9.17) is 17.3 Å². The van der Waals surface area contributed by atoms with Gasteiger partial charge in [0, 0.05) is 6.42 Å². The van der Waals surface area contributed by atoms with E-state index in [1.807, 2.05) is 0 Å². The number of hydrogen-bond acceptors (Lipinski definition) is 3. The lowest BCUT2D eigenvalue weighted by Crippen LogP contribution is -2.06. The fraction of sp³-hybridized carbons (Fsp3) is 0.0769. The monoisotopic (exact) mass is 264 g/mol. The number of carbonyl (C=O) groups is 1. The standard InChI is InChI=1S/C13H10ClFN2O/c14-10-3-1-8(5-11(10)15)6-13(18)12-4-2-9(16)7-17-12/h1-5,7H,6,16H2. The van der Waals surface area contributed by atoms with Crippen LogP contribution in [0.15, 0.2) is 36.5 Å². The van der Waals surface area contributed by atoms with E-state index in [9.17, 15) is 9.18 Å². The summed E-state index contributed by atoms with van der Waals surface area (Å²) in [6.07, 6.45) is 1.49. The van der Waals surface area contributed by atoms with E-state index >= 15 is 0 Å². The highest BCUT2D eigenvalue weighted by molar-refractivity contribution is 6.30. The molecule has 1 aromatic heterocycles. The topological polar surface area (TPSA) is 56.0 Å². The normalized spacial score (nSPS) is 10.3. The molecule has 0 bridgehead atoms. The Hall–Kier alpha value is -1.94. The van der Waals surface area contributed by atoms with Gasteiger partial charge in [0.05, 0.1) is 16.9 Å². The third kappa shape index (κ3) is 2.84. The average Bonchev–Trinajstić information content (AvgIpc) is 2.34. The summed E-state index contributed by atoms with van der Waals surface area (Å²) in [7, 11) is 0. The summed E-state index contributed by atoms with van der Waals surface area (Å²) < 4.78 is 13.2. The maximum absolute atomic E-state index is 13.2. The molecule has 0 saturated heterocycles. The van der Waals surface area contributed by atoms with E-state index in [1.54, 1.807) is 18.2 Å². The Labute approximate surface area is 108 Å². The van der Waals surface area contributed by atoms with E-state index in [0.29, 0.717) is 16.9 Å². The summed E-state index contributed by atoms with van der Waals surface area (Å²) in [5.41, 5.74) is 6.83. The van der Waals surface area contributed by atoms with Crippen LogP contribution in [-0.2, 0) is 6.42 Å². The zero-order valence-electron chi connectivity index (χ0n) is 9.36. The van der Waals surface area contributed by atoms with Gasteiger partial charge >= 0.3 is 0 Å². The van der Waals surface area contributed by atoms with Crippen LogP contribution in [0.25, 0.3) is 0 Å². The highest BCUT2D eigenvalue weighted by Crippen LogP contribution is 2.16. The average molecular weight is 265 g/mol. The molecule has 0 spiro atoms. The van der Waals surface area contributed by atoms with Crippen LogP contribution in [0.2, 0.25) is 5.02 Å². The van der Waals surface area contributed by atoms with Crippen LogP contribution in [0, 0.1) is 5.82 Å². The second-order valence-corrected chi connectivity index (χ2v) is 4.23. The Morgan fingerprint density at radius 1 is 1.33 bits per heavy atom. The Balaban J connectivity index is 2.16. The lowest BCUT2D eigenvalue weighted by atomic mass is 10.1. The number of pyridine rings is 1. The van der Waals surface area contributed by atoms with Crippen LogP contribution in [-0.4, -0.2) is 10.8 Å². The third-order valence-corrected chi connectivity index (χ3v) is 2.73. The molecule has 18 heavy (non-hydrogen) atoms. The molecule has 2 aromatic rings. The Kier molecular flexibility index (Phi) is 3.58. The van der Waals surface area contributed by atoms with Crippen molar-refractivity contribution in [2.75, 3.05) is 5.73 Å². The molecule has 92 valence electrons. The van der Waals surface area contributed by atoms with Crippen molar-refractivity contribution in [2.45, 2.75) is 6.42 Å². The number of rotatable bonds is 3. The lowest BCUT2D eigenvalue weighted by Gasteiger charge is -2.02. The number of halogens is 2. The number of ketones is 1. The number of nitrogens with zero attached hydrogens (tertiary/aromatic N) is 1. The summed E-state index contributed by atoms with van der Waals surface area (Å²) in [5.74, 6) is -0.732. The molecular formula is C13H10ClFN2O. The van der Waals surface area contributed by atoms with Gasteiger partial charge in [0.2, 0.25) is 0 Å². The number of aromatic nitrogens is 1. The molecule has 0 aliphatic heterocycles. The van der Waals surface area contributed by atoms with Crippen LogP contribution in [0.5, 0.6) is 0 Å². The minimum atomic E-state index is -0.535. The summed E-state index contributed by atoms with van der Waals surface area (Å²) in [5, 5.41) is 0.0387. The molecular weight excluding hydrogens is 255 g/mol. The SMILES string of the molecule is Nc1ccc(C(=O)Cc2ccc(Cl)c(F)c2)nc1. The van der Waals surface area contributed by atoms with E-state index in [2.05, 4.69) is 4.98 Å². The molecule has 1 aromatic carbocycles. The summed E-state index contributed by atoms with van der Waals surface area (Å²) >= 11 is 5.57. The second-order valence-electron chi connectivity index (χ2n) is 3.83. The van der Waals surface area contributed by atoms with Crippen molar-refractivity contribution in [3.63, 3.8) is 0 Å². The van der Waals surface area contributed by atoms with E-state index in [-0.39, 0.29) is 17.2 Å². The first-order valence-electron chi connectivity index (χ1n) is 5.25.